The van der Waals surface area contributed by atoms with Crippen LogP contribution in [0.25, 0.3) is 0 Å². The molecule has 6 N–H and O–H groups in total. The van der Waals surface area contributed by atoms with E-state index in [1.165, 1.54) is 0 Å². The fraction of sp³-hybridized carbons (Fsp3) is 0.542. The number of carboxylic acid groups (broad SMARTS) is 2. The van der Waals surface area contributed by atoms with Crippen LogP contribution in [0, 0.1) is 5.92 Å². The van der Waals surface area contributed by atoms with Gasteiger partial charge in [-0.15, -0.1) is 0 Å². The molecule has 4 unspecified atom stereocenters. The first-order chi connectivity index (χ1) is 16.6. The first-order valence-electron chi connectivity index (χ1n) is 11.7. The van der Waals surface area contributed by atoms with Crippen molar-refractivity contribution in [1.29, 1.82) is 0 Å². The van der Waals surface area contributed by atoms with Gasteiger partial charge >= 0.3 is 11.9 Å². The van der Waals surface area contributed by atoms with Crippen LogP contribution in [-0.4, -0.2) is 70.6 Å². The van der Waals surface area contributed by atoms with Crippen molar-refractivity contribution in [2.75, 3.05) is 6.54 Å². The number of amides is 3. The third-order valence-electron chi connectivity index (χ3n) is 5.63. The third-order valence-corrected chi connectivity index (χ3v) is 5.63. The molecular formula is C24H34N4O7. The summed E-state index contributed by atoms with van der Waals surface area (Å²) in [4.78, 5) is 61.2. The fourth-order valence-electron chi connectivity index (χ4n) is 3.86. The molecular weight excluding hydrogens is 456 g/mol. The Balaban J connectivity index is 2.18. The van der Waals surface area contributed by atoms with Gasteiger partial charge in [-0.25, -0.2) is 4.79 Å². The molecule has 2 rings (SSSR count). The van der Waals surface area contributed by atoms with Gasteiger partial charge in [0.25, 0.3) is 0 Å². The van der Waals surface area contributed by atoms with Gasteiger partial charge in [0.05, 0.1) is 12.5 Å². The van der Waals surface area contributed by atoms with Crippen LogP contribution >= 0.6 is 0 Å². The Hall–Kier alpha value is -3.47. The highest BCUT2D eigenvalue weighted by atomic mass is 16.4. The molecule has 3 amide bonds. The average molecular weight is 491 g/mol. The molecule has 1 fully saturated rings. The van der Waals surface area contributed by atoms with Crippen LogP contribution in [-0.2, 0) is 30.4 Å². The zero-order valence-electron chi connectivity index (χ0n) is 20.0. The van der Waals surface area contributed by atoms with E-state index in [2.05, 4.69) is 21.3 Å². The van der Waals surface area contributed by atoms with Crippen molar-refractivity contribution in [2.45, 2.75) is 70.1 Å². The van der Waals surface area contributed by atoms with E-state index in [4.69, 9.17) is 5.11 Å². The van der Waals surface area contributed by atoms with Gasteiger partial charge in [-0.3, -0.25) is 19.2 Å². The van der Waals surface area contributed by atoms with Crippen LogP contribution in [0.1, 0.15) is 45.1 Å². The minimum absolute atomic E-state index is 0.0429. The predicted octanol–water partition coefficient (Wildman–Crippen LogP) is 0.0409. The summed E-state index contributed by atoms with van der Waals surface area (Å²) in [7, 11) is 0. The SMILES string of the molecule is CC(C)CC(NC(=O)C(Cc1ccccc1)NC(=O)C1CCCN1)C(=O)NC(CC(=O)O)C(=O)O. The van der Waals surface area contributed by atoms with E-state index in [1.807, 2.05) is 44.2 Å². The van der Waals surface area contributed by atoms with Crippen molar-refractivity contribution in [2.24, 2.45) is 5.92 Å². The molecule has 0 saturated carbocycles. The Kier molecular flexibility index (Phi) is 10.7. The number of carboxylic acids is 2. The van der Waals surface area contributed by atoms with Crippen LogP contribution in [0.2, 0.25) is 0 Å². The van der Waals surface area contributed by atoms with Gasteiger partial charge in [-0.2, -0.15) is 0 Å². The molecule has 0 radical (unpaired) electrons. The van der Waals surface area contributed by atoms with Gasteiger partial charge in [-0.05, 0) is 37.3 Å². The van der Waals surface area contributed by atoms with E-state index in [0.29, 0.717) is 13.0 Å². The summed E-state index contributed by atoms with van der Waals surface area (Å²) in [6.07, 6.45) is 1.09. The van der Waals surface area contributed by atoms with Crippen molar-refractivity contribution in [3.8, 4) is 0 Å². The maximum Gasteiger partial charge on any atom is 0.326 e. The number of benzene rings is 1. The molecule has 1 heterocycles. The summed E-state index contributed by atoms with van der Waals surface area (Å²) in [5.41, 5.74) is 0.810. The van der Waals surface area contributed by atoms with E-state index in [1.54, 1.807) is 0 Å². The van der Waals surface area contributed by atoms with Crippen LogP contribution in [0.15, 0.2) is 30.3 Å². The molecule has 192 valence electrons. The lowest BCUT2D eigenvalue weighted by atomic mass is 10.0. The minimum Gasteiger partial charge on any atom is -0.481 e. The second kappa shape index (κ2) is 13.4. The molecule has 0 aliphatic carbocycles. The summed E-state index contributed by atoms with van der Waals surface area (Å²) in [6, 6.07) is 4.98. The summed E-state index contributed by atoms with van der Waals surface area (Å²) in [5, 5.41) is 28.9. The van der Waals surface area contributed by atoms with Crippen molar-refractivity contribution in [1.82, 2.24) is 21.3 Å². The van der Waals surface area contributed by atoms with E-state index < -0.39 is 54.3 Å². The van der Waals surface area contributed by atoms with E-state index >= 15 is 0 Å². The number of aliphatic carboxylic acids is 2. The monoisotopic (exact) mass is 490 g/mol. The molecule has 1 saturated heterocycles. The normalized spacial score (nSPS) is 17.7. The maximum atomic E-state index is 13.3. The molecule has 4 atom stereocenters. The molecule has 1 aliphatic heterocycles. The molecule has 35 heavy (non-hydrogen) atoms. The van der Waals surface area contributed by atoms with Crippen molar-refractivity contribution in [3.63, 3.8) is 0 Å². The summed E-state index contributed by atoms with van der Waals surface area (Å²) in [6.45, 7) is 4.37. The molecule has 0 bridgehead atoms. The quantitative estimate of drug-likeness (QED) is 0.225. The van der Waals surface area contributed by atoms with Crippen molar-refractivity contribution >= 4 is 29.7 Å². The fourth-order valence-corrected chi connectivity index (χ4v) is 3.86. The summed E-state index contributed by atoms with van der Waals surface area (Å²) in [5.74, 6) is -4.62. The number of nitrogens with one attached hydrogen (secondary N) is 4. The molecule has 1 aromatic carbocycles. The highest BCUT2D eigenvalue weighted by Gasteiger charge is 2.32. The minimum atomic E-state index is -1.64. The number of carbonyl (C=O) groups excluding carboxylic acids is 3. The average Bonchev–Trinajstić information content (AvgIpc) is 3.33. The number of hydrogen-bond acceptors (Lipinski definition) is 6. The molecule has 11 heteroatoms. The Morgan fingerprint density at radius 2 is 1.57 bits per heavy atom. The number of hydrogen-bond donors (Lipinski definition) is 6. The first kappa shape index (κ1) is 27.8. The van der Waals surface area contributed by atoms with E-state index in [0.717, 1.165) is 12.0 Å². The molecule has 11 nitrogen and oxygen atoms in total. The Bertz CT molecular complexity index is 900. The van der Waals surface area contributed by atoms with Gasteiger partial charge < -0.3 is 31.5 Å². The lowest BCUT2D eigenvalue weighted by Crippen LogP contribution is -2.58. The van der Waals surface area contributed by atoms with Crippen LogP contribution in [0.3, 0.4) is 0 Å². The Morgan fingerprint density at radius 3 is 2.11 bits per heavy atom. The van der Waals surface area contributed by atoms with Crippen LogP contribution in [0.4, 0.5) is 0 Å². The summed E-state index contributed by atoms with van der Waals surface area (Å²) < 4.78 is 0. The van der Waals surface area contributed by atoms with Crippen LogP contribution in [0.5, 0.6) is 0 Å². The van der Waals surface area contributed by atoms with Gasteiger partial charge in [0, 0.05) is 6.42 Å². The summed E-state index contributed by atoms with van der Waals surface area (Å²) >= 11 is 0. The maximum absolute atomic E-state index is 13.3. The van der Waals surface area contributed by atoms with Gasteiger partial charge in [0.2, 0.25) is 17.7 Å². The van der Waals surface area contributed by atoms with Crippen molar-refractivity contribution < 1.29 is 34.2 Å². The lowest BCUT2D eigenvalue weighted by Gasteiger charge is -2.26. The highest BCUT2D eigenvalue weighted by Crippen LogP contribution is 2.10. The van der Waals surface area contributed by atoms with E-state index in [-0.39, 0.29) is 24.7 Å². The van der Waals surface area contributed by atoms with Gasteiger partial charge in [0.15, 0.2) is 0 Å². The zero-order chi connectivity index (χ0) is 26.0. The highest BCUT2D eigenvalue weighted by molar-refractivity contribution is 5.94. The topological polar surface area (TPSA) is 174 Å². The smallest absolute Gasteiger partial charge is 0.326 e. The Labute approximate surface area is 204 Å². The molecule has 0 spiro atoms. The Morgan fingerprint density at radius 1 is 0.943 bits per heavy atom. The van der Waals surface area contributed by atoms with Gasteiger partial charge in [0.1, 0.15) is 18.1 Å². The molecule has 1 aliphatic rings. The third kappa shape index (κ3) is 9.36. The predicted molar refractivity (Wildman–Crippen MR) is 126 cm³/mol. The van der Waals surface area contributed by atoms with Crippen LogP contribution < -0.4 is 21.3 Å². The number of carbonyl (C=O) groups is 5. The standard InChI is InChI=1S/C24H34N4O7/c1-14(2)11-17(22(32)28-19(24(34)35)13-20(29)30)26-23(33)18(12-15-7-4-3-5-8-15)27-21(31)16-9-6-10-25-16/h3-5,7-8,14,16-19,25H,6,9-13H2,1-2H3,(H,26,33)(H,27,31)(H,28,32)(H,29,30)(H,34,35). The zero-order valence-corrected chi connectivity index (χ0v) is 20.0. The largest absolute Gasteiger partial charge is 0.481 e. The molecule has 1 aromatic rings. The first-order valence-corrected chi connectivity index (χ1v) is 11.7. The lowest BCUT2D eigenvalue weighted by molar-refractivity contribution is -0.147. The van der Waals surface area contributed by atoms with Gasteiger partial charge in [-0.1, -0.05) is 44.2 Å². The van der Waals surface area contributed by atoms with E-state index in [9.17, 15) is 29.1 Å². The number of rotatable bonds is 13. The van der Waals surface area contributed by atoms with Crippen molar-refractivity contribution in [3.05, 3.63) is 35.9 Å². The second-order valence-electron chi connectivity index (χ2n) is 9.09. The molecule has 0 aromatic heterocycles. The second-order valence-corrected chi connectivity index (χ2v) is 9.09.